The highest BCUT2D eigenvalue weighted by molar-refractivity contribution is 5.85. The second-order valence-corrected chi connectivity index (χ2v) is 5.81. The Morgan fingerprint density at radius 1 is 1.43 bits per heavy atom. The molecule has 0 atom stereocenters. The lowest BCUT2D eigenvalue weighted by atomic mass is 10.4. The van der Waals surface area contributed by atoms with Crippen LogP contribution in [0.4, 0.5) is 0 Å². The Labute approximate surface area is 126 Å². The number of nitrogens with zero attached hydrogens (tertiary/aromatic N) is 4. The molecule has 1 aromatic rings. The third kappa shape index (κ3) is 4.51. The lowest BCUT2D eigenvalue weighted by Gasteiger charge is -2.23. The van der Waals surface area contributed by atoms with E-state index in [1.807, 2.05) is 26.4 Å². The molecule has 2 rings (SSSR count). The fourth-order valence-electron chi connectivity index (χ4n) is 1.95. The number of hydrogen-bond acceptors (Lipinski definition) is 2. The van der Waals surface area contributed by atoms with Crippen molar-refractivity contribution in [2.24, 2.45) is 12.0 Å². The SMILES string of the molecule is CN(C)C(=O)CN=C(NC1CC1)N(C)Cc1cccn1C. The predicted molar refractivity (Wildman–Crippen MR) is 84.0 cm³/mol. The summed E-state index contributed by atoms with van der Waals surface area (Å²) < 4.78 is 2.09. The van der Waals surface area contributed by atoms with Crippen LogP contribution in [0.2, 0.25) is 0 Å². The molecule has 6 heteroatoms. The first-order valence-electron chi connectivity index (χ1n) is 7.30. The third-order valence-corrected chi connectivity index (χ3v) is 3.59. The number of guanidine groups is 1. The predicted octanol–water partition coefficient (Wildman–Crippen LogP) is 0.653. The van der Waals surface area contributed by atoms with E-state index in [9.17, 15) is 4.79 Å². The zero-order valence-electron chi connectivity index (χ0n) is 13.3. The number of rotatable bonds is 5. The zero-order chi connectivity index (χ0) is 15.4. The number of carbonyl (C=O) groups is 1. The van der Waals surface area contributed by atoms with Crippen molar-refractivity contribution in [3.8, 4) is 0 Å². The number of aliphatic imine (C=N–C) groups is 1. The fourth-order valence-corrected chi connectivity index (χ4v) is 1.95. The van der Waals surface area contributed by atoms with Crippen LogP contribution in [0.5, 0.6) is 0 Å². The Morgan fingerprint density at radius 3 is 2.67 bits per heavy atom. The van der Waals surface area contributed by atoms with Crippen molar-refractivity contribution in [1.82, 2.24) is 19.7 Å². The summed E-state index contributed by atoms with van der Waals surface area (Å²) in [6.07, 6.45) is 4.39. The van der Waals surface area contributed by atoms with Crippen molar-refractivity contribution in [2.45, 2.75) is 25.4 Å². The molecule has 0 aliphatic heterocycles. The van der Waals surface area contributed by atoms with Crippen LogP contribution in [0.3, 0.4) is 0 Å². The summed E-state index contributed by atoms with van der Waals surface area (Å²) in [6.45, 7) is 0.942. The number of aryl methyl sites for hydroxylation is 1. The second kappa shape index (κ2) is 6.65. The van der Waals surface area contributed by atoms with Crippen LogP contribution in [-0.4, -0.2) is 60.0 Å². The van der Waals surface area contributed by atoms with Gasteiger partial charge in [-0.15, -0.1) is 0 Å². The molecule has 21 heavy (non-hydrogen) atoms. The van der Waals surface area contributed by atoms with Gasteiger partial charge in [-0.05, 0) is 25.0 Å². The normalized spacial score (nSPS) is 15.0. The number of hydrogen-bond donors (Lipinski definition) is 1. The molecule has 1 fully saturated rings. The minimum atomic E-state index is 0.0114. The second-order valence-electron chi connectivity index (χ2n) is 5.81. The van der Waals surface area contributed by atoms with Gasteiger partial charge in [0.15, 0.2) is 5.96 Å². The number of likely N-dealkylation sites (N-methyl/N-ethyl adjacent to an activating group) is 1. The van der Waals surface area contributed by atoms with E-state index < -0.39 is 0 Å². The molecular weight excluding hydrogens is 266 g/mol. The average Bonchev–Trinajstić information content (AvgIpc) is 3.17. The minimum absolute atomic E-state index is 0.0114. The van der Waals surface area contributed by atoms with Gasteiger partial charge in [0, 0.05) is 46.1 Å². The quantitative estimate of drug-likeness (QED) is 0.640. The molecule has 1 aromatic heterocycles. The van der Waals surface area contributed by atoms with E-state index in [-0.39, 0.29) is 12.5 Å². The Bertz CT molecular complexity index is 516. The summed E-state index contributed by atoms with van der Waals surface area (Å²) >= 11 is 0. The zero-order valence-corrected chi connectivity index (χ0v) is 13.3. The summed E-state index contributed by atoms with van der Waals surface area (Å²) in [5.41, 5.74) is 1.21. The van der Waals surface area contributed by atoms with Gasteiger partial charge in [-0.2, -0.15) is 0 Å². The van der Waals surface area contributed by atoms with Crippen molar-refractivity contribution < 1.29 is 4.79 Å². The lowest BCUT2D eigenvalue weighted by molar-refractivity contribution is -0.127. The molecule has 1 aliphatic carbocycles. The van der Waals surface area contributed by atoms with Crippen LogP contribution in [0, 0.1) is 0 Å². The number of carbonyl (C=O) groups excluding carboxylic acids is 1. The third-order valence-electron chi connectivity index (χ3n) is 3.59. The largest absolute Gasteiger partial charge is 0.353 e. The molecule has 0 radical (unpaired) electrons. The van der Waals surface area contributed by atoms with E-state index in [4.69, 9.17) is 0 Å². The van der Waals surface area contributed by atoms with Gasteiger partial charge in [-0.25, -0.2) is 4.99 Å². The molecular formula is C15H25N5O. The topological polar surface area (TPSA) is 52.9 Å². The van der Waals surface area contributed by atoms with E-state index in [2.05, 4.69) is 25.8 Å². The molecule has 1 heterocycles. The van der Waals surface area contributed by atoms with Crippen LogP contribution in [0.1, 0.15) is 18.5 Å². The first-order chi connectivity index (χ1) is 9.97. The van der Waals surface area contributed by atoms with Crippen molar-refractivity contribution in [2.75, 3.05) is 27.7 Å². The molecule has 1 N–H and O–H groups in total. The van der Waals surface area contributed by atoms with Gasteiger partial charge in [0.2, 0.25) is 5.91 Å². The van der Waals surface area contributed by atoms with E-state index >= 15 is 0 Å². The Kier molecular flexibility index (Phi) is 4.88. The van der Waals surface area contributed by atoms with Crippen molar-refractivity contribution in [3.63, 3.8) is 0 Å². The molecule has 0 bridgehead atoms. The molecule has 1 saturated carbocycles. The maximum absolute atomic E-state index is 11.7. The molecule has 1 aliphatic rings. The van der Waals surface area contributed by atoms with Crippen LogP contribution < -0.4 is 5.32 Å². The molecule has 0 saturated heterocycles. The minimum Gasteiger partial charge on any atom is -0.353 e. The molecule has 0 unspecified atom stereocenters. The van der Waals surface area contributed by atoms with Crippen molar-refractivity contribution in [3.05, 3.63) is 24.0 Å². The fraction of sp³-hybridized carbons (Fsp3) is 0.600. The molecule has 0 spiro atoms. The Morgan fingerprint density at radius 2 is 2.14 bits per heavy atom. The summed E-state index contributed by atoms with van der Waals surface area (Å²) in [5.74, 6) is 0.811. The number of nitrogens with one attached hydrogen (secondary N) is 1. The monoisotopic (exact) mass is 291 g/mol. The van der Waals surface area contributed by atoms with Gasteiger partial charge in [0.25, 0.3) is 0 Å². The van der Waals surface area contributed by atoms with E-state index in [0.717, 1.165) is 12.5 Å². The highest BCUT2D eigenvalue weighted by Crippen LogP contribution is 2.19. The highest BCUT2D eigenvalue weighted by atomic mass is 16.2. The molecule has 6 nitrogen and oxygen atoms in total. The Balaban J connectivity index is 2.01. The van der Waals surface area contributed by atoms with Gasteiger partial charge < -0.3 is 19.7 Å². The summed E-state index contributed by atoms with van der Waals surface area (Å²) in [7, 11) is 7.53. The van der Waals surface area contributed by atoms with E-state index in [0.29, 0.717) is 6.04 Å². The molecule has 116 valence electrons. The van der Waals surface area contributed by atoms with Gasteiger partial charge in [0.1, 0.15) is 6.54 Å². The standard InChI is InChI=1S/C15H25N5O/c1-18(2)14(21)10-16-15(17-12-7-8-12)20(4)11-13-6-5-9-19(13)3/h5-6,9,12H,7-8,10-11H2,1-4H3,(H,16,17). The van der Waals surface area contributed by atoms with Gasteiger partial charge in [0.05, 0.1) is 6.54 Å². The number of aromatic nitrogens is 1. The van der Waals surface area contributed by atoms with Crippen molar-refractivity contribution >= 4 is 11.9 Å². The van der Waals surface area contributed by atoms with Crippen LogP contribution >= 0.6 is 0 Å². The maximum Gasteiger partial charge on any atom is 0.243 e. The van der Waals surface area contributed by atoms with Gasteiger partial charge in [-0.1, -0.05) is 0 Å². The van der Waals surface area contributed by atoms with Crippen LogP contribution in [-0.2, 0) is 18.4 Å². The first kappa shape index (κ1) is 15.4. The van der Waals surface area contributed by atoms with Crippen molar-refractivity contribution in [1.29, 1.82) is 0 Å². The lowest BCUT2D eigenvalue weighted by Crippen LogP contribution is -2.41. The average molecular weight is 291 g/mol. The molecule has 0 aromatic carbocycles. The Hall–Kier alpha value is -1.98. The highest BCUT2D eigenvalue weighted by Gasteiger charge is 2.24. The molecule has 1 amide bonds. The summed E-state index contributed by atoms with van der Waals surface area (Å²) in [5, 5.41) is 3.41. The summed E-state index contributed by atoms with van der Waals surface area (Å²) in [6, 6.07) is 4.63. The number of amides is 1. The maximum atomic E-state index is 11.7. The first-order valence-corrected chi connectivity index (χ1v) is 7.30. The smallest absolute Gasteiger partial charge is 0.243 e. The van der Waals surface area contributed by atoms with Gasteiger partial charge in [-0.3, -0.25) is 4.79 Å². The summed E-state index contributed by atoms with van der Waals surface area (Å²) in [4.78, 5) is 19.8. The van der Waals surface area contributed by atoms with Crippen LogP contribution in [0.25, 0.3) is 0 Å². The van der Waals surface area contributed by atoms with E-state index in [1.165, 1.54) is 18.5 Å². The van der Waals surface area contributed by atoms with E-state index in [1.54, 1.807) is 19.0 Å². The van der Waals surface area contributed by atoms with Gasteiger partial charge >= 0.3 is 0 Å². The van der Waals surface area contributed by atoms with Crippen LogP contribution in [0.15, 0.2) is 23.3 Å².